The van der Waals surface area contributed by atoms with Crippen LogP contribution in [0.4, 0.5) is 11.4 Å². The number of nitrogens with one attached hydrogen (secondary N) is 1. The van der Waals surface area contributed by atoms with Crippen LogP contribution < -0.4 is 15.0 Å². The van der Waals surface area contributed by atoms with Gasteiger partial charge in [0.2, 0.25) is 0 Å². The number of rotatable bonds is 6. The molecular weight excluding hydrogens is 476 g/mol. The maximum atomic E-state index is 13.1. The largest absolute Gasteiger partial charge is 0.422 e. The topological polar surface area (TPSA) is 75.7 Å². The molecule has 6 nitrogen and oxygen atoms in total. The molecule has 0 atom stereocenters. The Bertz CT molecular complexity index is 1540. The molecule has 1 aliphatic rings. The number of hydrogen-bond acceptors (Lipinski definition) is 5. The number of ether oxygens (including phenoxy) is 1. The highest BCUT2D eigenvalue weighted by Gasteiger charge is 2.39. The van der Waals surface area contributed by atoms with Crippen molar-refractivity contribution in [2.45, 2.75) is 13.3 Å². The second kappa shape index (κ2) is 9.68. The highest BCUT2D eigenvalue weighted by atomic mass is 35.5. The van der Waals surface area contributed by atoms with Gasteiger partial charge in [-0.15, -0.1) is 0 Å². The van der Waals surface area contributed by atoms with E-state index in [9.17, 15) is 14.4 Å². The Morgan fingerprint density at radius 2 is 1.56 bits per heavy atom. The third-order valence-electron chi connectivity index (χ3n) is 5.98. The van der Waals surface area contributed by atoms with E-state index in [1.807, 2.05) is 55.5 Å². The SMILES string of the molecule is CCc1ccccc1N1C(=O)C(Cl)=C(Nc2ccc(C(=O)Oc3cccc4ccccc34)cc2)C1=O. The molecule has 4 aromatic carbocycles. The average molecular weight is 497 g/mol. The van der Waals surface area contributed by atoms with E-state index in [2.05, 4.69) is 5.32 Å². The molecule has 178 valence electrons. The molecule has 1 heterocycles. The fourth-order valence-electron chi connectivity index (χ4n) is 4.14. The zero-order valence-corrected chi connectivity index (χ0v) is 20.1. The highest BCUT2D eigenvalue weighted by molar-refractivity contribution is 6.53. The number of aryl methyl sites for hydroxylation is 1. The summed E-state index contributed by atoms with van der Waals surface area (Å²) in [5, 5.41) is 4.55. The van der Waals surface area contributed by atoms with Gasteiger partial charge in [0.25, 0.3) is 11.8 Å². The van der Waals surface area contributed by atoms with E-state index in [0.29, 0.717) is 29.1 Å². The zero-order valence-electron chi connectivity index (χ0n) is 19.3. The predicted octanol–water partition coefficient (Wildman–Crippen LogP) is 6.06. The molecular formula is C29H21ClN2O4. The molecule has 7 heteroatoms. The van der Waals surface area contributed by atoms with Crippen LogP contribution in [0.25, 0.3) is 10.8 Å². The van der Waals surface area contributed by atoms with Crippen LogP contribution in [0.3, 0.4) is 0 Å². The van der Waals surface area contributed by atoms with Gasteiger partial charge in [-0.1, -0.05) is 73.1 Å². The van der Waals surface area contributed by atoms with Gasteiger partial charge in [-0.25, -0.2) is 9.69 Å². The number of fused-ring (bicyclic) bond motifs is 1. The Kier molecular flexibility index (Phi) is 6.27. The quantitative estimate of drug-likeness (QED) is 0.199. The Morgan fingerprint density at radius 1 is 0.861 bits per heavy atom. The summed E-state index contributed by atoms with van der Waals surface area (Å²) in [4.78, 5) is 39.7. The van der Waals surface area contributed by atoms with E-state index >= 15 is 0 Å². The molecule has 0 aromatic heterocycles. The van der Waals surface area contributed by atoms with Gasteiger partial charge in [0.15, 0.2) is 0 Å². The second-order valence-electron chi connectivity index (χ2n) is 8.19. The Morgan fingerprint density at radius 3 is 2.33 bits per heavy atom. The molecule has 0 unspecified atom stereocenters. The van der Waals surface area contributed by atoms with Gasteiger partial charge in [0, 0.05) is 11.1 Å². The summed E-state index contributed by atoms with van der Waals surface area (Å²) in [5.74, 6) is -1.16. The molecule has 0 saturated carbocycles. The fourth-order valence-corrected chi connectivity index (χ4v) is 4.35. The smallest absolute Gasteiger partial charge is 0.343 e. The summed E-state index contributed by atoms with van der Waals surface area (Å²) in [7, 11) is 0. The predicted molar refractivity (Wildman–Crippen MR) is 140 cm³/mol. The Hall–Kier alpha value is -4.42. The standard InChI is InChI=1S/C29H21ClN2O4/c1-2-18-8-4-6-12-23(18)32-27(33)25(30)26(28(32)34)31-21-16-14-20(15-17-21)29(35)36-24-13-7-10-19-9-3-5-11-22(19)24/h3-17,31H,2H2,1H3. The molecule has 36 heavy (non-hydrogen) atoms. The molecule has 0 spiro atoms. The number of nitrogens with zero attached hydrogens (tertiary/aromatic N) is 1. The lowest BCUT2D eigenvalue weighted by molar-refractivity contribution is -0.120. The van der Waals surface area contributed by atoms with Crippen LogP contribution >= 0.6 is 11.6 Å². The molecule has 0 aliphatic carbocycles. The van der Waals surface area contributed by atoms with Crippen molar-refractivity contribution < 1.29 is 19.1 Å². The van der Waals surface area contributed by atoms with Crippen LogP contribution in [0, 0.1) is 0 Å². The molecule has 4 aromatic rings. The number of anilines is 2. The summed E-state index contributed by atoms with van der Waals surface area (Å²) < 4.78 is 5.62. The van der Waals surface area contributed by atoms with E-state index in [1.165, 1.54) is 0 Å². The zero-order chi connectivity index (χ0) is 25.2. The van der Waals surface area contributed by atoms with E-state index in [1.54, 1.807) is 42.5 Å². The first-order valence-electron chi connectivity index (χ1n) is 11.4. The van der Waals surface area contributed by atoms with Crippen molar-refractivity contribution >= 4 is 51.5 Å². The number of esters is 1. The lowest BCUT2D eigenvalue weighted by atomic mass is 10.1. The van der Waals surface area contributed by atoms with Gasteiger partial charge < -0.3 is 10.1 Å². The van der Waals surface area contributed by atoms with E-state index in [0.717, 1.165) is 21.2 Å². The Balaban J connectivity index is 1.33. The van der Waals surface area contributed by atoms with E-state index in [-0.39, 0.29) is 10.7 Å². The number of benzene rings is 4. The van der Waals surface area contributed by atoms with Gasteiger partial charge in [-0.2, -0.15) is 0 Å². The summed E-state index contributed by atoms with van der Waals surface area (Å²) in [6.45, 7) is 1.95. The summed E-state index contributed by atoms with van der Waals surface area (Å²) >= 11 is 6.26. The minimum Gasteiger partial charge on any atom is -0.422 e. The normalized spacial score (nSPS) is 13.4. The van der Waals surface area contributed by atoms with Crippen molar-refractivity contribution in [2.24, 2.45) is 0 Å². The van der Waals surface area contributed by atoms with Crippen LogP contribution in [0.15, 0.2) is 102 Å². The van der Waals surface area contributed by atoms with Crippen LogP contribution in [-0.4, -0.2) is 17.8 Å². The molecule has 1 N–H and O–H groups in total. The van der Waals surface area contributed by atoms with Crippen molar-refractivity contribution in [3.63, 3.8) is 0 Å². The monoisotopic (exact) mass is 496 g/mol. The van der Waals surface area contributed by atoms with E-state index < -0.39 is 17.8 Å². The molecule has 0 fully saturated rings. The lowest BCUT2D eigenvalue weighted by Gasteiger charge is -2.18. The first-order valence-corrected chi connectivity index (χ1v) is 11.8. The van der Waals surface area contributed by atoms with Crippen LogP contribution in [-0.2, 0) is 16.0 Å². The first-order chi connectivity index (χ1) is 17.5. The van der Waals surface area contributed by atoms with Crippen molar-refractivity contribution in [3.05, 3.63) is 113 Å². The number of carbonyl (C=O) groups excluding carboxylic acids is 3. The first kappa shape index (κ1) is 23.3. The van der Waals surface area contributed by atoms with Crippen molar-refractivity contribution in [1.82, 2.24) is 0 Å². The van der Waals surface area contributed by atoms with Gasteiger partial charge in [-0.05, 0) is 53.8 Å². The second-order valence-corrected chi connectivity index (χ2v) is 8.56. The molecule has 5 rings (SSSR count). The number of para-hydroxylation sites is 1. The van der Waals surface area contributed by atoms with Crippen molar-refractivity contribution in [3.8, 4) is 5.75 Å². The average Bonchev–Trinajstić information content (AvgIpc) is 3.12. The summed E-state index contributed by atoms with van der Waals surface area (Å²) in [6, 6.07) is 26.8. The maximum absolute atomic E-state index is 13.1. The fraction of sp³-hybridized carbons (Fsp3) is 0.0690. The minimum atomic E-state index is -0.583. The van der Waals surface area contributed by atoms with Gasteiger partial charge in [0.05, 0.1) is 11.3 Å². The number of halogens is 1. The van der Waals surface area contributed by atoms with Gasteiger partial charge in [-0.3, -0.25) is 9.59 Å². The maximum Gasteiger partial charge on any atom is 0.343 e. The summed E-state index contributed by atoms with van der Waals surface area (Å²) in [5.41, 5.74) is 2.19. The van der Waals surface area contributed by atoms with Crippen molar-refractivity contribution in [1.29, 1.82) is 0 Å². The molecule has 0 saturated heterocycles. The minimum absolute atomic E-state index is 0.0151. The lowest BCUT2D eigenvalue weighted by Crippen LogP contribution is -2.33. The van der Waals surface area contributed by atoms with Gasteiger partial charge >= 0.3 is 5.97 Å². The molecule has 0 bridgehead atoms. The van der Waals surface area contributed by atoms with Crippen LogP contribution in [0.1, 0.15) is 22.8 Å². The van der Waals surface area contributed by atoms with Gasteiger partial charge in [0.1, 0.15) is 16.5 Å². The third kappa shape index (κ3) is 4.23. The number of carbonyl (C=O) groups is 3. The Labute approximate surface area is 212 Å². The third-order valence-corrected chi connectivity index (χ3v) is 6.33. The number of hydrogen-bond donors (Lipinski definition) is 1. The van der Waals surface area contributed by atoms with Crippen LogP contribution in [0.5, 0.6) is 5.75 Å². The van der Waals surface area contributed by atoms with E-state index in [4.69, 9.17) is 16.3 Å². The highest BCUT2D eigenvalue weighted by Crippen LogP contribution is 2.32. The summed E-state index contributed by atoms with van der Waals surface area (Å²) in [6.07, 6.45) is 0.657. The molecule has 2 amide bonds. The van der Waals surface area contributed by atoms with Crippen molar-refractivity contribution in [2.75, 3.05) is 10.2 Å². The van der Waals surface area contributed by atoms with Crippen LogP contribution in [0.2, 0.25) is 0 Å². The molecule has 0 radical (unpaired) electrons. The number of amides is 2. The number of imide groups is 1. The molecule has 1 aliphatic heterocycles.